The van der Waals surface area contributed by atoms with E-state index in [1.54, 1.807) is 12.1 Å². The first-order chi connectivity index (χ1) is 14.0. The second-order valence-electron chi connectivity index (χ2n) is 8.36. The van der Waals surface area contributed by atoms with E-state index < -0.39 is 0 Å². The van der Waals surface area contributed by atoms with E-state index in [0.717, 1.165) is 44.1 Å². The van der Waals surface area contributed by atoms with Gasteiger partial charge in [-0.2, -0.15) is 0 Å². The van der Waals surface area contributed by atoms with Crippen LogP contribution in [0.3, 0.4) is 0 Å². The molecule has 0 radical (unpaired) electrons. The van der Waals surface area contributed by atoms with Crippen LogP contribution in [-0.2, 0) is 20.9 Å². The minimum absolute atomic E-state index is 0.0811. The topological polar surface area (TPSA) is 79.0 Å². The summed E-state index contributed by atoms with van der Waals surface area (Å²) in [7, 11) is 1.36. The SMILES string of the molecule is COC(=O)c1ccc(CN2C(=O)CNC23CCN(C(=O)C2CCCC2)CC3)cc1. The van der Waals surface area contributed by atoms with E-state index in [0.29, 0.717) is 37.6 Å². The molecule has 7 heteroatoms. The molecule has 7 nitrogen and oxygen atoms in total. The van der Waals surface area contributed by atoms with Gasteiger partial charge >= 0.3 is 5.97 Å². The predicted octanol–water partition coefficient (Wildman–Crippen LogP) is 1.91. The molecular formula is C22H29N3O4. The summed E-state index contributed by atoms with van der Waals surface area (Å²) in [6.45, 7) is 2.20. The summed E-state index contributed by atoms with van der Waals surface area (Å²) >= 11 is 0. The van der Waals surface area contributed by atoms with Crippen LogP contribution in [-0.4, -0.2) is 60.0 Å². The molecule has 4 rings (SSSR count). The van der Waals surface area contributed by atoms with Crippen molar-refractivity contribution in [3.8, 4) is 0 Å². The van der Waals surface area contributed by atoms with Gasteiger partial charge in [-0.3, -0.25) is 14.9 Å². The Morgan fingerprint density at radius 1 is 1.14 bits per heavy atom. The van der Waals surface area contributed by atoms with E-state index >= 15 is 0 Å². The van der Waals surface area contributed by atoms with Crippen molar-refractivity contribution in [3.63, 3.8) is 0 Å². The minimum atomic E-state index is -0.384. The van der Waals surface area contributed by atoms with Crippen molar-refractivity contribution in [1.29, 1.82) is 0 Å². The van der Waals surface area contributed by atoms with Gasteiger partial charge < -0.3 is 14.5 Å². The molecule has 1 aromatic rings. The van der Waals surface area contributed by atoms with E-state index in [-0.39, 0.29) is 23.5 Å². The van der Waals surface area contributed by atoms with Gasteiger partial charge in [-0.1, -0.05) is 25.0 Å². The lowest BCUT2D eigenvalue weighted by molar-refractivity contribution is -0.140. The Bertz CT molecular complexity index is 778. The van der Waals surface area contributed by atoms with Crippen molar-refractivity contribution in [1.82, 2.24) is 15.1 Å². The molecule has 0 unspecified atom stereocenters. The first kappa shape index (κ1) is 19.9. The lowest BCUT2D eigenvalue weighted by atomic mass is 9.94. The molecule has 0 bridgehead atoms. The van der Waals surface area contributed by atoms with Crippen molar-refractivity contribution in [3.05, 3.63) is 35.4 Å². The second-order valence-corrected chi connectivity index (χ2v) is 8.36. The Morgan fingerprint density at radius 3 is 2.41 bits per heavy atom. The van der Waals surface area contributed by atoms with E-state index in [1.165, 1.54) is 7.11 Å². The fraction of sp³-hybridized carbons (Fsp3) is 0.591. The summed E-state index contributed by atoms with van der Waals surface area (Å²) in [5, 5.41) is 3.42. The van der Waals surface area contributed by atoms with Crippen molar-refractivity contribution >= 4 is 17.8 Å². The van der Waals surface area contributed by atoms with Crippen LogP contribution in [0, 0.1) is 5.92 Å². The first-order valence-corrected chi connectivity index (χ1v) is 10.5. The Balaban J connectivity index is 1.42. The van der Waals surface area contributed by atoms with Crippen LogP contribution in [0.2, 0.25) is 0 Å². The maximum Gasteiger partial charge on any atom is 0.337 e. The monoisotopic (exact) mass is 399 g/mol. The summed E-state index contributed by atoms with van der Waals surface area (Å²) in [6.07, 6.45) is 5.85. The van der Waals surface area contributed by atoms with Gasteiger partial charge in [0.2, 0.25) is 11.8 Å². The van der Waals surface area contributed by atoms with Gasteiger partial charge in [0.1, 0.15) is 0 Å². The Hall–Kier alpha value is -2.41. The lowest BCUT2D eigenvalue weighted by Gasteiger charge is -2.45. The number of amides is 2. The molecule has 1 saturated carbocycles. The molecule has 156 valence electrons. The van der Waals surface area contributed by atoms with Crippen molar-refractivity contribution < 1.29 is 19.1 Å². The fourth-order valence-electron chi connectivity index (χ4n) is 4.93. The van der Waals surface area contributed by atoms with Crippen LogP contribution < -0.4 is 5.32 Å². The number of hydrogen-bond acceptors (Lipinski definition) is 5. The number of esters is 1. The molecular weight excluding hydrogens is 370 g/mol. The van der Waals surface area contributed by atoms with Crippen LogP contribution in [0.4, 0.5) is 0 Å². The molecule has 1 aliphatic carbocycles. The molecule has 1 spiro atoms. The van der Waals surface area contributed by atoms with Crippen molar-refractivity contribution in [2.24, 2.45) is 5.92 Å². The summed E-state index contributed by atoms with van der Waals surface area (Å²) in [4.78, 5) is 40.9. The molecule has 1 aromatic carbocycles. The smallest absolute Gasteiger partial charge is 0.337 e. The van der Waals surface area contributed by atoms with Crippen molar-refractivity contribution in [2.45, 2.75) is 50.7 Å². The van der Waals surface area contributed by atoms with E-state index in [9.17, 15) is 14.4 Å². The number of methoxy groups -OCH3 is 1. The van der Waals surface area contributed by atoms with E-state index in [1.807, 2.05) is 21.9 Å². The first-order valence-electron chi connectivity index (χ1n) is 10.5. The quantitative estimate of drug-likeness (QED) is 0.783. The fourth-order valence-corrected chi connectivity index (χ4v) is 4.93. The molecule has 29 heavy (non-hydrogen) atoms. The predicted molar refractivity (Wildman–Crippen MR) is 107 cm³/mol. The molecule has 3 fully saturated rings. The Kier molecular flexibility index (Phi) is 5.58. The number of benzene rings is 1. The van der Waals surface area contributed by atoms with Gasteiger partial charge in [-0.05, 0) is 30.5 Å². The summed E-state index contributed by atoms with van der Waals surface area (Å²) in [5.74, 6) is 0.210. The van der Waals surface area contributed by atoms with Crippen LogP contribution in [0.5, 0.6) is 0 Å². The number of nitrogens with zero attached hydrogens (tertiary/aromatic N) is 2. The number of piperidine rings is 1. The van der Waals surface area contributed by atoms with Crippen LogP contribution in [0.15, 0.2) is 24.3 Å². The summed E-state index contributed by atoms with van der Waals surface area (Å²) < 4.78 is 4.74. The highest BCUT2D eigenvalue weighted by Gasteiger charge is 2.47. The molecule has 0 atom stereocenters. The third kappa shape index (κ3) is 3.88. The number of likely N-dealkylation sites (tertiary alicyclic amines) is 1. The molecule has 2 saturated heterocycles. The van der Waals surface area contributed by atoms with Crippen LogP contribution in [0.1, 0.15) is 54.4 Å². The van der Waals surface area contributed by atoms with Gasteiger partial charge in [0.25, 0.3) is 0 Å². The van der Waals surface area contributed by atoms with E-state index in [2.05, 4.69) is 5.32 Å². The lowest BCUT2D eigenvalue weighted by Crippen LogP contribution is -2.59. The average molecular weight is 399 g/mol. The standard InChI is InChI=1S/C22H29N3O4/c1-29-21(28)18-8-6-16(7-9-18)15-25-19(26)14-23-22(25)10-12-24(13-11-22)20(27)17-4-2-3-5-17/h6-9,17,23H,2-5,10-15H2,1H3. The van der Waals surface area contributed by atoms with Crippen LogP contribution in [0.25, 0.3) is 0 Å². The highest BCUT2D eigenvalue weighted by molar-refractivity contribution is 5.89. The number of carbonyl (C=O) groups excluding carboxylic acids is 3. The second kappa shape index (κ2) is 8.14. The third-order valence-corrected chi connectivity index (χ3v) is 6.71. The number of hydrogen-bond donors (Lipinski definition) is 1. The highest BCUT2D eigenvalue weighted by Crippen LogP contribution is 2.34. The number of nitrogens with one attached hydrogen (secondary N) is 1. The molecule has 2 amide bonds. The highest BCUT2D eigenvalue weighted by atomic mass is 16.5. The van der Waals surface area contributed by atoms with Crippen molar-refractivity contribution in [2.75, 3.05) is 26.7 Å². The van der Waals surface area contributed by atoms with E-state index in [4.69, 9.17) is 4.74 Å². The Morgan fingerprint density at radius 2 is 1.79 bits per heavy atom. The third-order valence-electron chi connectivity index (χ3n) is 6.71. The van der Waals surface area contributed by atoms with Gasteiger partial charge in [-0.25, -0.2) is 4.79 Å². The van der Waals surface area contributed by atoms with Gasteiger partial charge in [0.15, 0.2) is 0 Å². The maximum atomic E-state index is 12.7. The Labute approximate surface area is 171 Å². The number of ether oxygens (including phenoxy) is 1. The van der Waals surface area contributed by atoms with Gasteiger partial charge in [-0.15, -0.1) is 0 Å². The van der Waals surface area contributed by atoms with Crippen LogP contribution >= 0.6 is 0 Å². The molecule has 1 N–H and O–H groups in total. The summed E-state index contributed by atoms with van der Waals surface area (Å²) in [5.41, 5.74) is 1.08. The summed E-state index contributed by atoms with van der Waals surface area (Å²) in [6, 6.07) is 7.18. The normalized spacial score (nSPS) is 21.8. The molecule has 2 heterocycles. The minimum Gasteiger partial charge on any atom is -0.465 e. The number of rotatable bonds is 4. The molecule has 0 aromatic heterocycles. The zero-order chi connectivity index (χ0) is 20.4. The zero-order valence-corrected chi connectivity index (χ0v) is 17.0. The van der Waals surface area contributed by atoms with Gasteiger partial charge in [0.05, 0.1) is 24.9 Å². The average Bonchev–Trinajstić information content (AvgIpc) is 3.39. The largest absolute Gasteiger partial charge is 0.465 e. The molecule has 3 aliphatic rings. The molecule has 2 aliphatic heterocycles. The maximum absolute atomic E-state index is 12.7. The number of carbonyl (C=O) groups is 3. The van der Waals surface area contributed by atoms with Gasteiger partial charge in [0, 0.05) is 38.4 Å². The zero-order valence-electron chi connectivity index (χ0n) is 17.0.